The monoisotopic (exact) mass is 227 g/mol. The van der Waals surface area contributed by atoms with E-state index >= 15 is 0 Å². The Bertz CT molecular complexity index is 174. The van der Waals surface area contributed by atoms with Crippen molar-refractivity contribution < 1.29 is 4.74 Å². The smallest absolute Gasteiger partial charge is 0.0603 e. The molecule has 0 N–H and O–H groups in total. The molecule has 1 fully saturated rings. The van der Waals surface area contributed by atoms with Crippen molar-refractivity contribution in [3.63, 3.8) is 0 Å². The van der Waals surface area contributed by atoms with Crippen LogP contribution in [0.1, 0.15) is 53.4 Å². The van der Waals surface area contributed by atoms with Gasteiger partial charge in [0.2, 0.25) is 0 Å². The lowest BCUT2D eigenvalue weighted by molar-refractivity contribution is -0.0387. The maximum absolute atomic E-state index is 6.06. The molecule has 2 heteroatoms. The van der Waals surface area contributed by atoms with E-state index in [0.29, 0.717) is 12.2 Å². The predicted octanol–water partition coefficient (Wildman–Crippen LogP) is 3.31. The minimum atomic E-state index is 0.451. The number of ether oxygens (including phenoxy) is 1. The van der Waals surface area contributed by atoms with E-state index in [2.05, 4.69) is 32.6 Å². The fourth-order valence-electron chi connectivity index (χ4n) is 2.55. The van der Waals surface area contributed by atoms with E-state index in [1.54, 1.807) is 0 Å². The van der Waals surface area contributed by atoms with Crippen LogP contribution >= 0.6 is 0 Å². The van der Waals surface area contributed by atoms with E-state index < -0.39 is 0 Å². The molecule has 0 aromatic rings. The van der Waals surface area contributed by atoms with Gasteiger partial charge in [-0.25, -0.2) is 0 Å². The Labute approximate surface area is 101 Å². The van der Waals surface area contributed by atoms with Gasteiger partial charge < -0.3 is 9.64 Å². The van der Waals surface area contributed by atoms with Crippen LogP contribution in [0.2, 0.25) is 0 Å². The number of rotatable bonds is 6. The summed E-state index contributed by atoms with van der Waals surface area (Å²) in [6.07, 6.45) is 5.85. The number of hydrogen-bond donors (Lipinski definition) is 0. The van der Waals surface area contributed by atoms with Crippen molar-refractivity contribution >= 4 is 0 Å². The second-order valence-electron chi connectivity index (χ2n) is 5.63. The Balaban J connectivity index is 2.16. The summed E-state index contributed by atoms with van der Waals surface area (Å²) in [6, 6.07) is 0. The lowest BCUT2D eigenvalue weighted by Crippen LogP contribution is -2.39. The molecule has 0 aromatic carbocycles. The lowest BCUT2D eigenvalue weighted by Gasteiger charge is -2.34. The Morgan fingerprint density at radius 3 is 2.31 bits per heavy atom. The van der Waals surface area contributed by atoms with Gasteiger partial charge in [0.05, 0.1) is 12.2 Å². The van der Waals surface area contributed by atoms with Crippen LogP contribution in [0, 0.1) is 5.92 Å². The van der Waals surface area contributed by atoms with Crippen molar-refractivity contribution in [3.8, 4) is 0 Å². The van der Waals surface area contributed by atoms with E-state index in [4.69, 9.17) is 4.74 Å². The molecule has 16 heavy (non-hydrogen) atoms. The van der Waals surface area contributed by atoms with E-state index in [1.165, 1.54) is 45.3 Å². The van der Waals surface area contributed by atoms with Gasteiger partial charge in [-0.3, -0.25) is 0 Å². The van der Waals surface area contributed by atoms with Crippen LogP contribution in [0.5, 0.6) is 0 Å². The summed E-state index contributed by atoms with van der Waals surface area (Å²) in [5.74, 6) is 0.788. The van der Waals surface area contributed by atoms with Crippen LogP contribution in [0.25, 0.3) is 0 Å². The van der Waals surface area contributed by atoms with Crippen LogP contribution in [-0.2, 0) is 4.74 Å². The molecule has 0 saturated carbocycles. The molecule has 0 bridgehead atoms. The summed E-state index contributed by atoms with van der Waals surface area (Å²) in [6.45, 7) is 12.7. The molecule has 2 nitrogen and oxygen atoms in total. The largest absolute Gasteiger partial charge is 0.375 e. The van der Waals surface area contributed by atoms with Crippen LogP contribution in [-0.4, -0.2) is 36.7 Å². The molecule has 96 valence electrons. The number of nitrogens with zero attached hydrogens (tertiary/aromatic N) is 1. The molecule has 0 unspecified atom stereocenters. The van der Waals surface area contributed by atoms with E-state index in [-0.39, 0.29) is 0 Å². The van der Waals surface area contributed by atoms with E-state index in [1.807, 2.05) is 0 Å². The summed E-state index contributed by atoms with van der Waals surface area (Å²) in [5.41, 5.74) is 0. The minimum absolute atomic E-state index is 0.451. The quantitative estimate of drug-likeness (QED) is 0.690. The molecule has 0 amide bonds. The van der Waals surface area contributed by atoms with Crippen molar-refractivity contribution in [1.29, 1.82) is 0 Å². The average molecular weight is 227 g/mol. The van der Waals surface area contributed by atoms with Crippen LogP contribution in [0.15, 0.2) is 0 Å². The highest BCUT2D eigenvalue weighted by molar-refractivity contribution is 4.74. The van der Waals surface area contributed by atoms with Crippen molar-refractivity contribution in [1.82, 2.24) is 4.90 Å². The van der Waals surface area contributed by atoms with Gasteiger partial charge in [0, 0.05) is 19.6 Å². The lowest BCUT2D eigenvalue weighted by atomic mass is 10.1. The van der Waals surface area contributed by atoms with Gasteiger partial charge in [-0.2, -0.15) is 0 Å². The topological polar surface area (TPSA) is 12.5 Å². The first kappa shape index (κ1) is 14.0. The van der Waals surface area contributed by atoms with Crippen molar-refractivity contribution in [3.05, 3.63) is 0 Å². The number of likely N-dealkylation sites (tertiary alicyclic amines) is 1. The zero-order chi connectivity index (χ0) is 12.0. The number of piperidine rings is 1. The zero-order valence-electron chi connectivity index (χ0n) is 11.5. The summed E-state index contributed by atoms with van der Waals surface area (Å²) < 4.78 is 6.06. The first-order valence-electron chi connectivity index (χ1n) is 6.99. The van der Waals surface area contributed by atoms with Crippen LogP contribution < -0.4 is 0 Å². The fourth-order valence-corrected chi connectivity index (χ4v) is 2.55. The van der Waals surface area contributed by atoms with Gasteiger partial charge in [-0.05, 0) is 32.1 Å². The Morgan fingerprint density at radius 2 is 1.81 bits per heavy atom. The van der Waals surface area contributed by atoms with Crippen molar-refractivity contribution in [2.45, 2.75) is 65.6 Å². The van der Waals surface area contributed by atoms with Crippen molar-refractivity contribution in [2.75, 3.05) is 19.6 Å². The molecule has 1 saturated heterocycles. The summed E-state index contributed by atoms with van der Waals surface area (Å²) >= 11 is 0. The van der Waals surface area contributed by atoms with Gasteiger partial charge >= 0.3 is 0 Å². The van der Waals surface area contributed by atoms with Gasteiger partial charge in [-0.15, -0.1) is 0 Å². The third-order valence-corrected chi connectivity index (χ3v) is 3.28. The Morgan fingerprint density at radius 1 is 1.19 bits per heavy atom. The number of hydrogen-bond acceptors (Lipinski definition) is 2. The maximum Gasteiger partial charge on any atom is 0.0603 e. The van der Waals surface area contributed by atoms with E-state index in [0.717, 1.165) is 5.92 Å². The molecule has 0 aliphatic carbocycles. The van der Waals surface area contributed by atoms with E-state index in [9.17, 15) is 0 Å². The molecule has 1 rings (SSSR count). The molecule has 1 aliphatic heterocycles. The summed E-state index contributed by atoms with van der Waals surface area (Å²) in [5, 5.41) is 0. The standard InChI is InChI=1S/C14H29NO/c1-5-6-13(4)16-14-7-9-15(10-8-14)11-12(2)3/h12-14H,5-11H2,1-4H3/t13-/m1/s1. The minimum Gasteiger partial charge on any atom is -0.375 e. The molecule has 1 aliphatic rings. The molecular weight excluding hydrogens is 198 g/mol. The molecule has 0 spiro atoms. The zero-order valence-corrected chi connectivity index (χ0v) is 11.5. The highest BCUT2D eigenvalue weighted by Gasteiger charge is 2.21. The molecule has 1 heterocycles. The molecule has 0 aromatic heterocycles. The highest BCUT2D eigenvalue weighted by Crippen LogP contribution is 2.17. The fraction of sp³-hybridized carbons (Fsp3) is 1.00. The van der Waals surface area contributed by atoms with Gasteiger partial charge in [0.15, 0.2) is 0 Å². The Hall–Kier alpha value is -0.0800. The molecule has 0 radical (unpaired) electrons. The van der Waals surface area contributed by atoms with Gasteiger partial charge in [0.1, 0.15) is 0 Å². The third-order valence-electron chi connectivity index (χ3n) is 3.28. The van der Waals surface area contributed by atoms with Gasteiger partial charge in [-0.1, -0.05) is 27.2 Å². The first-order valence-corrected chi connectivity index (χ1v) is 6.99. The second kappa shape index (κ2) is 7.29. The SMILES string of the molecule is CCC[C@@H](C)OC1CCN(CC(C)C)CC1. The van der Waals surface area contributed by atoms with Crippen LogP contribution in [0.4, 0.5) is 0 Å². The molecular formula is C14H29NO. The normalized spacial score (nSPS) is 21.6. The van der Waals surface area contributed by atoms with Crippen molar-refractivity contribution in [2.24, 2.45) is 5.92 Å². The predicted molar refractivity (Wildman–Crippen MR) is 69.8 cm³/mol. The second-order valence-corrected chi connectivity index (χ2v) is 5.63. The average Bonchev–Trinajstić information content (AvgIpc) is 2.20. The maximum atomic E-state index is 6.06. The van der Waals surface area contributed by atoms with Gasteiger partial charge in [0.25, 0.3) is 0 Å². The summed E-state index contributed by atoms with van der Waals surface area (Å²) in [7, 11) is 0. The Kier molecular flexibility index (Phi) is 6.37. The van der Waals surface area contributed by atoms with Crippen LogP contribution in [0.3, 0.4) is 0 Å². The highest BCUT2D eigenvalue weighted by atomic mass is 16.5. The first-order chi connectivity index (χ1) is 7.61. The molecule has 1 atom stereocenters. The third kappa shape index (κ3) is 5.31. The summed E-state index contributed by atoms with van der Waals surface area (Å²) in [4.78, 5) is 2.58.